The van der Waals surface area contributed by atoms with Crippen LogP contribution in [0.3, 0.4) is 0 Å². The Morgan fingerprint density at radius 2 is 2.38 bits per heavy atom. The zero-order valence-corrected chi connectivity index (χ0v) is 10.0. The zero-order valence-electron chi connectivity index (χ0n) is 8.44. The first-order valence-corrected chi connectivity index (χ1v) is 5.77. The van der Waals surface area contributed by atoms with Crippen LogP contribution in [0.1, 0.15) is 12.6 Å². The molecule has 2 amide bonds. The summed E-state index contributed by atoms with van der Waals surface area (Å²) in [5.41, 5.74) is 0.598. The van der Waals surface area contributed by atoms with Gasteiger partial charge in [0.15, 0.2) is 0 Å². The van der Waals surface area contributed by atoms with Crippen LogP contribution >= 0.6 is 23.1 Å². The summed E-state index contributed by atoms with van der Waals surface area (Å²) in [4.78, 5) is 24.3. The first-order valence-electron chi connectivity index (χ1n) is 4.62. The Hall–Kier alpha value is -1.05. The summed E-state index contributed by atoms with van der Waals surface area (Å²) in [7, 11) is 0. The van der Waals surface area contributed by atoms with Gasteiger partial charge < -0.3 is 0 Å². The number of nitrogens with one attached hydrogen (secondary N) is 1. The summed E-state index contributed by atoms with van der Waals surface area (Å²) < 4.78 is 4.19. The number of carbonyl (C=O) groups is 2. The highest BCUT2D eigenvalue weighted by molar-refractivity contribution is 7.10. The Balaban J connectivity index is 2.12. The number of imide groups is 1. The van der Waals surface area contributed by atoms with Gasteiger partial charge >= 0.3 is 0 Å². The van der Waals surface area contributed by atoms with Crippen molar-refractivity contribution in [2.75, 3.05) is 6.54 Å². The molecule has 1 saturated heterocycles. The van der Waals surface area contributed by atoms with Gasteiger partial charge in [0.25, 0.3) is 0 Å². The van der Waals surface area contributed by atoms with Crippen LogP contribution in [0, 0.1) is 0 Å². The molecule has 0 saturated carbocycles. The number of halogens is 1. The normalized spacial score (nSPS) is 22.2. The Kier molecular flexibility index (Phi) is 3.17. The van der Waals surface area contributed by atoms with Crippen molar-refractivity contribution in [3.63, 3.8) is 0 Å². The molecule has 1 aliphatic rings. The summed E-state index contributed by atoms with van der Waals surface area (Å²) in [5, 5.41) is 6.11. The van der Waals surface area contributed by atoms with E-state index in [9.17, 15) is 9.59 Å². The van der Waals surface area contributed by atoms with Gasteiger partial charge in [-0.25, -0.2) is 0 Å². The third-order valence-corrected chi connectivity index (χ3v) is 3.38. The highest BCUT2D eigenvalue weighted by Gasteiger charge is 2.30. The Labute approximate surface area is 101 Å². The molecule has 86 valence electrons. The lowest BCUT2D eigenvalue weighted by Gasteiger charge is -2.30. The Morgan fingerprint density at radius 1 is 1.62 bits per heavy atom. The van der Waals surface area contributed by atoms with Crippen LogP contribution in [0.15, 0.2) is 0 Å². The number of hydrogen-bond donors (Lipinski definition) is 1. The molecular weight excluding hydrogens is 252 g/mol. The van der Waals surface area contributed by atoms with E-state index in [0.717, 1.165) is 11.5 Å². The van der Waals surface area contributed by atoms with Gasteiger partial charge in [-0.3, -0.25) is 19.8 Å². The van der Waals surface area contributed by atoms with E-state index in [0.29, 0.717) is 16.6 Å². The lowest BCUT2D eigenvalue weighted by atomic mass is 10.2. The molecule has 0 bridgehead atoms. The average molecular weight is 261 g/mol. The molecule has 2 rings (SSSR count). The molecule has 1 aromatic rings. The first kappa shape index (κ1) is 11.4. The van der Waals surface area contributed by atoms with Crippen molar-refractivity contribution in [2.45, 2.75) is 19.5 Å². The zero-order chi connectivity index (χ0) is 11.7. The predicted molar refractivity (Wildman–Crippen MR) is 57.9 cm³/mol. The van der Waals surface area contributed by atoms with Crippen molar-refractivity contribution in [2.24, 2.45) is 0 Å². The average Bonchev–Trinajstić information content (AvgIpc) is 2.60. The van der Waals surface area contributed by atoms with E-state index in [-0.39, 0.29) is 24.4 Å². The van der Waals surface area contributed by atoms with Crippen LogP contribution in [0.2, 0.25) is 4.34 Å². The molecular formula is C8H9ClN4O2S. The molecule has 8 heteroatoms. The van der Waals surface area contributed by atoms with E-state index in [4.69, 9.17) is 11.6 Å². The van der Waals surface area contributed by atoms with Crippen molar-refractivity contribution in [3.8, 4) is 0 Å². The molecule has 0 radical (unpaired) electrons. The molecule has 0 aromatic carbocycles. The third-order valence-electron chi connectivity index (χ3n) is 2.40. The lowest BCUT2D eigenvalue weighted by Crippen LogP contribution is -2.56. The summed E-state index contributed by atoms with van der Waals surface area (Å²) in [5.74, 6) is -0.599. The molecule has 1 atom stereocenters. The molecule has 6 nitrogen and oxygen atoms in total. The molecule has 0 aliphatic carbocycles. The molecule has 2 heterocycles. The fourth-order valence-corrected chi connectivity index (χ4v) is 2.06. The first-order chi connectivity index (χ1) is 7.58. The maximum absolute atomic E-state index is 11.4. The van der Waals surface area contributed by atoms with E-state index in [2.05, 4.69) is 14.9 Å². The monoisotopic (exact) mass is 260 g/mol. The Bertz CT molecular complexity index is 435. The molecule has 1 unspecified atom stereocenters. The minimum absolute atomic E-state index is 0.167. The number of piperazine rings is 1. The maximum atomic E-state index is 11.4. The van der Waals surface area contributed by atoms with E-state index < -0.39 is 0 Å². The van der Waals surface area contributed by atoms with Crippen LogP contribution in [-0.2, 0) is 16.1 Å². The molecule has 0 spiro atoms. The number of aromatic nitrogens is 2. The van der Waals surface area contributed by atoms with Gasteiger partial charge in [-0.2, -0.15) is 0 Å². The summed E-state index contributed by atoms with van der Waals surface area (Å²) in [6.45, 7) is 2.26. The van der Waals surface area contributed by atoms with Crippen LogP contribution in [0.5, 0.6) is 0 Å². The number of nitrogens with zero attached hydrogens (tertiary/aromatic N) is 3. The SMILES string of the molecule is CC1C(=O)NC(=O)CN1Cc1nnsc1Cl. The molecule has 16 heavy (non-hydrogen) atoms. The van der Waals surface area contributed by atoms with Crippen molar-refractivity contribution in [1.82, 2.24) is 19.8 Å². The maximum Gasteiger partial charge on any atom is 0.243 e. The summed E-state index contributed by atoms with van der Waals surface area (Å²) in [6, 6.07) is -0.365. The van der Waals surface area contributed by atoms with Crippen LogP contribution in [-0.4, -0.2) is 38.9 Å². The second kappa shape index (κ2) is 4.44. The lowest BCUT2D eigenvalue weighted by molar-refractivity contribution is -0.139. The second-order valence-corrected chi connectivity index (χ2v) is 4.84. The van der Waals surface area contributed by atoms with Crippen molar-refractivity contribution in [1.29, 1.82) is 0 Å². The third kappa shape index (κ3) is 2.21. The van der Waals surface area contributed by atoms with Crippen molar-refractivity contribution >= 4 is 34.9 Å². The number of hydrogen-bond acceptors (Lipinski definition) is 6. The predicted octanol–water partition coefficient (Wildman–Crippen LogP) is 0.0384. The van der Waals surface area contributed by atoms with Crippen LogP contribution in [0.4, 0.5) is 0 Å². The minimum atomic E-state index is -0.365. The van der Waals surface area contributed by atoms with E-state index in [1.54, 1.807) is 11.8 Å². The van der Waals surface area contributed by atoms with Gasteiger partial charge in [0.05, 0.1) is 12.6 Å². The van der Waals surface area contributed by atoms with Gasteiger partial charge in [0, 0.05) is 18.1 Å². The summed E-state index contributed by atoms with van der Waals surface area (Å²) in [6.07, 6.45) is 0. The van der Waals surface area contributed by atoms with Crippen LogP contribution < -0.4 is 5.32 Å². The van der Waals surface area contributed by atoms with Gasteiger partial charge in [-0.1, -0.05) is 16.1 Å². The van der Waals surface area contributed by atoms with E-state index >= 15 is 0 Å². The fourth-order valence-electron chi connectivity index (χ4n) is 1.45. The second-order valence-electron chi connectivity index (χ2n) is 3.49. The van der Waals surface area contributed by atoms with Gasteiger partial charge in [-0.05, 0) is 6.92 Å². The smallest absolute Gasteiger partial charge is 0.243 e. The standard InChI is InChI=1S/C8H9ClN4O2S/c1-4-8(15)10-6(14)3-13(4)2-5-7(9)16-12-11-5/h4H,2-3H2,1H3,(H,10,14,15). The number of amides is 2. The largest absolute Gasteiger partial charge is 0.294 e. The van der Waals surface area contributed by atoms with Crippen LogP contribution in [0.25, 0.3) is 0 Å². The van der Waals surface area contributed by atoms with Gasteiger partial charge in [0.1, 0.15) is 10.0 Å². The number of rotatable bonds is 2. The minimum Gasteiger partial charge on any atom is -0.294 e. The van der Waals surface area contributed by atoms with E-state index in [1.165, 1.54) is 0 Å². The van der Waals surface area contributed by atoms with Crippen molar-refractivity contribution in [3.05, 3.63) is 10.0 Å². The van der Waals surface area contributed by atoms with Gasteiger partial charge in [0.2, 0.25) is 11.8 Å². The molecule has 1 aliphatic heterocycles. The van der Waals surface area contributed by atoms with Crippen molar-refractivity contribution < 1.29 is 9.59 Å². The van der Waals surface area contributed by atoms with E-state index in [1.807, 2.05) is 0 Å². The number of carbonyl (C=O) groups excluding carboxylic acids is 2. The molecule has 1 fully saturated rings. The highest BCUT2D eigenvalue weighted by Crippen LogP contribution is 2.20. The summed E-state index contributed by atoms with van der Waals surface area (Å²) >= 11 is 6.95. The highest BCUT2D eigenvalue weighted by atomic mass is 35.5. The fraction of sp³-hybridized carbons (Fsp3) is 0.500. The molecule has 1 N–H and O–H groups in total. The Morgan fingerprint density at radius 3 is 3.00 bits per heavy atom. The molecule has 1 aromatic heterocycles. The quantitative estimate of drug-likeness (QED) is 0.760. The van der Waals surface area contributed by atoms with Gasteiger partial charge in [-0.15, -0.1) is 5.10 Å². The topological polar surface area (TPSA) is 75.2 Å².